The SMILES string of the molecule is CCOC(=O)CC[C@@H]1CC[C@@H]2OC(=O)C[C@H]12. The minimum absolute atomic E-state index is 0.0733. The zero-order valence-electron chi connectivity index (χ0n) is 9.61. The van der Waals surface area contributed by atoms with E-state index in [1.54, 1.807) is 0 Å². The van der Waals surface area contributed by atoms with E-state index in [9.17, 15) is 9.59 Å². The molecule has 0 bridgehead atoms. The second-order valence-electron chi connectivity index (χ2n) is 4.58. The molecule has 1 heterocycles. The molecule has 90 valence electrons. The number of carbonyl (C=O) groups is 2. The van der Waals surface area contributed by atoms with Crippen molar-refractivity contribution in [2.24, 2.45) is 11.8 Å². The van der Waals surface area contributed by atoms with E-state index in [-0.39, 0.29) is 18.0 Å². The maximum atomic E-state index is 11.2. The zero-order chi connectivity index (χ0) is 11.5. The van der Waals surface area contributed by atoms with Gasteiger partial charge >= 0.3 is 11.9 Å². The fourth-order valence-corrected chi connectivity index (χ4v) is 2.86. The highest BCUT2D eigenvalue weighted by atomic mass is 16.6. The molecule has 2 rings (SSSR count). The Bertz CT molecular complexity index is 287. The number of esters is 2. The second kappa shape index (κ2) is 4.85. The molecule has 0 N–H and O–H groups in total. The summed E-state index contributed by atoms with van der Waals surface area (Å²) in [6, 6.07) is 0. The van der Waals surface area contributed by atoms with Gasteiger partial charge in [-0.15, -0.1) is 0 Å². The van der Waals surface area contributed by atoms with E-state index in [0.29, 0.717) is 31.3 Å². The summed E-state index contributed by atoms with van der Waals surface area (Å²) < 4.78 is 10.1. The fourth-order valence-electron chi connectivity index (χ4n) is 2.86. The molecule has 1 saturated carbocycles. The van der Waals surface area contributed by atoms with Crippen molar-refractivity contribution in [3.63, 3.8) is 0 Å². The molecule has 0 spiro atoms. The highest BCUT2D eigenvalue weighted by Crippen LogP contribution is 2.43. The molecule has 4 heteroatoms. The van der Waals surface area contributed by atoms with Crippen LogP contribution in [0.4, 0.5) is 0 Å². The lowest BCUT2D eigenvalue weighted by Crippen LogP contribution is -2.15. The van der Waals surface area contributed by atoms with Crippen molar-refractivity contribution in [2.75, 3.05) is 6.61 Å². The monoisotopic (exact) mass is 226 g/mol. The lowest BCUT2D eigenvalue weighted by molar-refractivity contribution is -0.143. The Morgan fingerprint density at radius 2 is 2.31 bits per heavy atom. The van der Waals surface area contributed by atoms with Crippen molar-refractivity contribution in [2.45, 2.75) is 45.1 Å². The molecule has 0 aromatic heterocycles. The third-order valence-electron chi connectivity index (χ3n) is 3.61. The molecule has 0 radical (unpaired) electrons. The molecule has 0 amide bonds. The molecule has 0 unspecified atom stereocenters. The first-order chi connectivity index (χ1) is 7.70. The molecular formula is C12H18O4. The Morgan fingerprint density at radius 3 is 3.06 bits per heavy atom. The Kier molecular flexibility index (Phi) is 3.46. The smallest absolute Gasteiger partial charge is 0.306 e. The van der Waals surface area contributed by atoms with Gasteiger partial charge in [0.25, 0.3) is 0 Å². The maximum absolute atomic E-state index is 11.2. The van der Waals surface area contributed by atoms with Gasteiger partial charge in [-0.25, -0.2) is 0 Å². The summed E-state index contributed by atoms with van der Waals surface area (Å²) >= 11 is 0. The van der Waals surface area contributed by atoms with Gasteiger partial charge in [0.1, 0.15) is 6.10 Å². The van der Waals surface area contributed by atoms with Crippen LogP contribution in [-0.2, 0) is 19.1 Å². The minimum Gasteiger partial charge on any atom is -0.466 e. The molecule has 0 aromatic rings. The molecule has 1 saturated heterocycles. The van der Waals surface area contributed by atoms with Crippen LogP contribution in [0.5, 0.6) is 0 Å². The van der Waals surface area contributed by atoms with Crippen molar-refractivity contribution in [1.29, 1.82) is 0 Å². The summed E-state index contributed by atoms with van der Waals surface area (Å²) in [7, 11) is 0. The summed E-state index contributed by atoms with van der Waals surface area (Å²) in [5.41, 5.74) is 0. The van der Waals surface area contributed by atoms with E-state index >= 15 is 0 Å². The fraction of sp³-hybridized carbons (Fsp3) is 0.833. The van der Waals surface area contributed by atoms with Crippen LogP contribution in [0.3, 0.4) is 0 Å². The van der Waals surface area contributed by atoms with Crippen LogP contribution in [0.1, 0.15) is 39.0 Å². The molecule has 1 aliphatic heterocycles. The number of ether oxygens (including phenoxy) is 2. The molecule has 2 fully saturated rings. The predicted octanol–water partition coefficient (Wildman–Crippen LogP) is 1.67. The van der Waals surface area contributed by atoms with Crippen LogP contribution >= 0.6 is 0 Å². The zero-order valence-corrected chi connectivity index (χ0v) is 9.61. The molecule has 1 aliphatic carbocycles. The van der Waals surface area contributed by atoms with Crippen molar-refractivity contribution < 1.29 is 19.1 Å². The van der Waals surface area contributed by atoms with Crippen LogP contribution in [-0.4, -0.2) is 24.6 Å². The van der Waals surface area contributed by atoms with Crippen molar-refractivity contribution >= 4 is 11.9 Å². The summed E-state index contributed by atoms with van der Waals surface area (Å²) in [5, 5.41) is 0. The van der Waals surface area contributed by atoms with Crippen molar-refractivity contribution in [3.05, 3.63) is 0 Å². The van der Waals surface area contributed by atoms with Crippen molar-refractivity contribution in [1.82, 2.24) is 0 Å². The van der Waals surface area contributed by atoms with Gasteiger partial charge in [0, 0.05) is 12.3 Å². The maximum Gasteiger partial charge on any atom is 0.306 e. The van der Waals surface area contributed by atoms with Gasteiger partial charge < -0.3 is 9.47 Å². The summed E-state index contributed by atoms with van der Waals surface area (Å²) in [6.07, 6.45) is 4.00. The Hall–Kier alpha value is -1.06. The number of rotatable bonds is 4. The van der Waals surface area contributed by atoms with E-state index in [4.69, 9.17) is 9.47 Å². The van der Waals surface area contributed by atoms with E-state index < -0.39 is 0 Å². The van der Waals surface area contributed by atoms with Gasteiger partial charge in [-0.1, -0.05) is 0 Å². The van der Waals surface area contributed by atoms with Crippen molar-refractivity contribution in [3.8, 4) is 0 Å². The topological polar surface area (TPSA) is 52.6 Å². The number of hydrogen-bond acceptors (Lipinski definition) is 4. The third-order valence-corrected chi connectivity index (χ3v) is 3.61. The Balaban J connectivity index is 1.78. The van der Waals surface area contributed by atoms with Gasteiger partial charge in [-0.3, -0.25) is 9.59 Å². The highest BCUT2D eigenvalue weighted by molar-refractivity contribution is 5.72. The lowest BCUT2D eigenvalue weighted by atomic mass is 9.89. The predicted molar refractivity (Wildman–Crippen MR) is 56.6 cm³/mol. The first-order valence-electron chi connectivity index (χ1n) is 6.05. The van der Waals surface area contributed by atoms with Gasteiger partial charge in [0.05, 0.1) is 13.0 Å². The minimum atomic E-state index is -0.129. The number of fused-ring (bicyclic) bond motifs is 1. The third kappa shape index (κ3) is 2.36. The van der Waals surface area contributed by atoms with Gasteiger partial charge in [0.2, 0.25) is 0 Å². The Morgan fingerprint density at radius 1 is 1.50 bits per heavy atom. The molecule has 2 aliphatic rings. The molecule has 3 atom stereocenters. The first-order valence-corrected chi connectivity index (χ1v) is 6.05. The average molecular weight is 226 g/mol. The molecular weight excluding hydrogens is 208 g/mol. The van der Waals surface area contributed by atoms with Gasteiger partial charge in [-0.2, -0.15) is 0 Å². The van der Waals surface area contributed by atoms with E-state index in [1.165, 1.54) is 0 Å². The molecule has 16 heavy (non-hydrogen) atoms. The molecule has 0 aromatic carbocycles. The highest BCUT2D eigenvalue weighted by Gasteiger charge is 2.44. The largest absolute Gasteiger partial charge is 0.466 e. The van der Waals surface area contributed by atoms with Gasteiger partial charge in [-0.05, 0) is 32.1 Å². The molecule has 4 nitrogen and oxygen atoms in total. The summed E-state index contributed by atoms with van der Waals surface area (Å²) in [4.78, 5) is 22.4. The summed E-state index contributed by atoms with van der Waals surface area (Å²) in [5.74, 6) is 0.606. The first kappa shape index (κ1) is 11.4. The standard InChI is InChI=1S/C12H18O4/c1-2-15-11(13)6-4-8-3-5-10-9(8)7-12(14)16-10/h8-10H,2-7H2,1H3/t8-,9+,10-/m0/s1. The van der Waals surface area contributed by atoms with Crippen LogP contribution in [0.2, 0.25) is 0 Å². The number of hydrogen-bond donors (Lipinski definition) is 0. The number of carbonyl (C=O) groups excluding carboxylic acids is 2. The van der Waals surface area contributed by atoms with E-state index in [1.807, 2.05) is 6.92 Å². The Labute approximate surface area is 95.3 Å². The van der Waals surface area contributed by atoms with Gasteiger partial charge in [0.15, 0.2) is 0 Å². The van der Waals surface area contributed by atoms with Crippen LogP contribution in [0, 0.1) is 11.8 Å². The second-order valence-corrected chi connectivity index (χ2v) is 4.58. The normalized spacial score (nSPS) is 32.3. The van der Waals surface area contributed by atoms with Crippen LogP contribution in [0.15, 0.2) is 0 Å². The quantitative estimate of drug-likeness (QED) is 0.684. The average Bonchev–Trinajstić information content (AvgIpc) is 2.75. The summed E-state index contributed by atoms with van der Waals surface area (Å²) in [6.45, 7) is 2.25. The van der Waals surface area contributed by atoms with Crippen LogP contribution in [0.25, 0.3) is 0 Å². The van der Waals surface area contributed by atoms with E-state index in [0.717, 1.165) is 19.3 Å². The lowest BCUT2D eigenvalue weighted by Gasteiger charge is -2.15. The van der Waals surface area contributed by atoms with Crippen LogP contribution < -0.4 is 0 Å². The van der Waals surface area contributed by atoms with E-state index in [2.05, 4.69) is 0 Å².